The summed E-state index contributed by atoms with van der Waals surface area (Å²) in [6.45, 7) is 2.19. The van der Waals surface area contributed by atoms with Crippen molar-refractivity contribution in [2.75, 3.05) is 19.7 Å². The molecule has 0 unspecified atom stereocenters. The van der Waals surface area contributed by atoms with Crippen molar-refractivity contribution in [1.29, 1.82) is 0 Å². The zero-order valence-corrected chi connectivity index (χ0v) is 14.3. The van der Waals surface area contributed by atoms with Crippen LogP contribution in [-0.4, -0.2) is 64.8 Å². The van der Waals surface area contributed by atoms with E-state index in [1.54, 1.807) is 24.3 Å². The van der Waals surface area contributed by atoms with Gasteiger partial charge in [-0.2, -0.15) is 0 Å². The van der Waals surface area contributed by atoms with Crippen LogP contribution in [0.25, 0.3) is 0 Å². The number of benzene rings is 1. The molecule has 0 spiro atoms. The monoisotopic (exact) mass is 359 g/mol. The molecule has 0 saturated carbocycles. The van der Waals surface area contributed by atoms with Crippen molar-refractivity contribution in [2.45, 2.75) is 19.4 Å². The molecule has 0 atom stereocenters. The molecule has 5 amide bonds. The third kappa shape index (κ3) is 2.92. The summed E-state index contributed by atoms with van der Waals surface area (Å²) in [5.41, 5.74) is -0.451. The number of carbonyl (C=O) groups excluding carboxylic acids is 5. The third-order valence-electron chi connectivity index (χ3n) is 4.19. The Morgan fingerprint density at radius 3 is 2.12 bits per heavy atom. The van der Waals surface area contributed by atoms with Gasteiger partial charge in [-0.05, 0) is 26.0 Å². The van der Waals surface area contributed by atoms with Gasteiger partial charge in [-0.25, -0.2) is 4.79 Å². The normalized spacial score (nSPS) is 18.2. The van der Waals surface area contributed by atoms with Crippen LogP contribution in [0.4, 0.5) is 4.79 Å². The zero-order chi connectivity index (χ0) is 19.1. The Morgan fingerprint density at radius 1 is 1.04 bits per heavy atom. The third-order valence-corrected chi connectivity index (χ3v) is 4.19. The number of nitrogens with zero attached hydrogens (tertiary/aromatic N) is 2. The summed E-state index contributed by atoms with van der Waals surface area (Å²) >= 11 is 0. The average Bonchev–Trinajstić information content (AvgIpc) is 2.94. The lowest BCUT2D eigenvalue weighted by Crippen LogP contribution is -2.41. The molecule has 2 aliphatic heterocycles. The van der Waals surface area contributed by atoms with E-state index in [9.17, 15) is 24.0 Å². The summed E-state index contributed by atoms with van der Waals surface area (Å²) in [4.78, 5) is 61.7. The molecule has 2 heterocycles. The van der Waals surface area contributed by atoms with Crippen LogP contribution in [0.15, 0.2) is 24.3 Å². The summed E-state index contributed by atoms with van der Waals surface area (Å²) in [5, 5.41) is 2.45. The van der Waals surface area contributed by atoms with E-state index >= 15 is 0 Å². The van der Waals surface area contributed by atoms with Crippen LogP contribution in [-0.2, 0) is 14.3 Å². The maximum absolute atomic E-state index is 12.2. The van der Waals surface area contributed by atoms with Crippen LogP contribution in [0.2, 0.25) is 0 Å². The van der Waals surface area contributed by atoms with Gasteiger partial charge in [0.25, 0.3) is 17.7 Å². The van der Waals surface area contributed by atoms with E-state index in [2.05, 4.69) is 5.32 Å². The predicted octanol–water partition coefficient (Wildman–Crippen LogP) is 0.156. The molecule has 2 aliphatic rings. The van der Waals surface area contributed by atoms with Crippen molar-refractivity contribution in [2.24, 2.45) is 0 Å². The summed E-state index contributed by atoms with van der Waals surface area (Å²) in [6, 6.07) is 5.76. The standard InChI is InChI=1S/C17H17N3O6/c1-17(2)15(24)20(16(25)18-17)9-12(21)26-8-7-19-13(22)10-5-3-4-6-11(10)14(19)23/h3-6H,7-9H2,1-2H3,(H,18,25). The van der Waals surface area contributed by atoms with Crippen LogP contribution in [0, 0.1) is 0 Å². The Morgan fingerprint density at radius 2 is 1.62 bits per heavy atom. The number of imide groups is 2. The molecule has 1 aromatic carbocycles. The van der Waals surface area contributed by atoms with Crippen molar-refractivity contribution < 1.29 is 28.7 Å². The molecular formula is C17H17N3O6. The number of esters is 1. The molecule has 136 valence electrons. The number of ether oxygens (including phenoxy) is 1. The largest absolute Gasteiger partial charge is 0.462 e. The second-order valence-electron chi connectivity index (χ2n) is 6.47. The summed E-state index contributed by atoms with van der Waals surface area (Å²) in [5.74, 6) is -2.22. The Bertz CT molecular complexity index is 797. The second kappa shape index (κ2) is 6.25. The van der Waals surface area contributed by atoms with E-state index in [4.69, 9.17) is 4.74 Å². The molecule has 9 heteroatoms. The van der Waals surface area contributed by atoms with Crippen LogP contribution < -0.4 is 5.32 Å². The lowest BCUT2D eigenvalue weighted by atomic mass is 10.1. The smallest absolute Gasteiger partial charge is 0.326 e. The number of fused-ring (bicyclic) bond motifs is 1. The highest BCUT2D eigenvalue weighted by Gasteiger charge is 2.45. The second-order valence-corrected chi connectivity index (χ2v) is 6.47. The first-order chi connectivity index (χ1) is 12.2. The first kappa shape index (κ1) is 17.6. The van der Waals surface area contributed by atoms with E-state index in [0.717, 1.165) is 9.80 Å². The van der Waals surface area contributed by atoms with Gasteiger partial charge in [-0.15, -0.1) is 0 Å². The van der Waals surface area contributed by atoms with E-state index in [1.807, 2.05) is 0 Å². The number of urea groups is 1. The van der Waals surface area contributed by atoms with E-state index < -0.39 is 41.8 Å². The van der Waals surface area contributed by atoms with Crippen molar-refractivity contribution in [3.05, 3.63) is 35.4 Å². The van der Waals surface area contributed by atoms with E-state index in [-0.39, 0.29) is 13.2 Å². The quantitative estimate of drug-likeness (QED) is 0.455. The van der Waals surface area contributed by atoms with E-state index in [0.29, 0.717) is 11.1 Å². The summed E-state index contributed by atoms with van der Waals surface area (Å²) in [7, 11) is 0. The highest BCUT2D eigenvalue weighted by molar-refractivity contribution is 6.21. The van der Waals surface area contributed by atoms with Gasteiger partial charge in [-0.3, -0.25) is 29.0 Å². The van der Waals surface area contributed by atoms with Crippen LogP contribution in [0.5, 0.6) is 0 Å². The van der Waals surface area contributed by atoms with Crippen LogP contribution in [0.1, 0.15) is 34.6 Å². The van der Waals surface area contributed by atoms with Crippen LogP contribution >= 0.6 is 0 Å². The fourth-order valence-electron chi connectivity index (χ4n) is 2.83. The molecule has 26 heavy (non-hydrogen) atoms. The van der Waals surface area contributed by atoms with Crippen molar-refractivity contribution in [3.8, 4) is 0 Å². The number of nitrogens with one attached hydrogen (secondary N) is 1. The summed E-state index contributed by atoms with van der Waals surface area (Å²) in [6.07, 6.45) is 0. The van der Waals surface area contributed by atoms with Gasteiger partial charge < -0.3 is 10.1 Å². The molecule has 3 rings (SSSR count). The Balaban J connectivity index is 1.52. The van der Waals surface area contributed by atoms with Crippen LogP contribution in [0.3, 0.4) is 0 Å². The Kier molecular flexibility index (Phi) is 4.23. The predicted molar refractivity (Wildman–Crippen MR) is 87.1 cm³/mol. The minimum Gasteiger partial charge on any atom is -0.462 e. The number of carbonyl (C=O) groups is 5. The van der Waals surface area contributed by atoms with E-state index in [1.165, 1.54) is 13.8 Å². The van der Waals surface area contributed by atoms with Gasteiger partial charge in [0.05, 0.1) is 17.7 Å². The zero-order valence-electron chi connectivity index (χ0n) is 14.3. The fraction of sp³-hybridized carbons (Fsp3) is 0.353. The van der Waals surface area contributed by atoms with Gasteiger partial charge in [0.15, 0.2) is 0 Å². The number of hydrogen-bond acceptors (Lipinski definition) is 6. The Labute approximate surface area is 148 Å². The first-order valence-corrected chi connectivity index (χ1v) is 7.97. The summed E-state index contributed by atoms with van der Waals surface area (Å²) < 4.78 is 4.97. The minimum absolute atomic E-state index is 0.107. The molecule has 0 aliphatic carbocycles. The molecule has 1 fully saturated rings. The molecule has 1 N–H and O–H groups in total. The molecule has 9 nitrogen and oxygen atoms in total. The molecular weight excluding hydrogens is 342 g/mol. The van der Waals surface area contributed by atoms with Gasteiger partial charge >= 0.3 is 12.0 Å². The molecule has 0 radical (unpaired) electrons. The maximum Gasteiger partial charge on any atom is 0.326 e. The maximum atomic E-state index is 12.2. The lowest BCUT2D eigenvalue weighted by Gasteiger charge is -2.16. The number of rotatable bonds is 5. The van der Waals surface area contributed by atoms with Gasteiger partial charge in [0, 0.05) is 0 Å². The van der Waals surface area contributed by atoms with Crippen molar-refractivity contribution >= 4 is 29.7 Å². The number of hydrogen-bond donors (Lipinski definition) is 1. The molecule has 1 saturated heterocycles. The topological polar surface area (TPSA) is 113 Å². The SMILES string of the molecule is CC1(C)NC(=O)N(CC(=O)OCCN2C(=O)c3ccccc3C2=O)C1=O. The highest BCUT2D eigenvalue weighted by Crippen LogP contribution is 2.22. The van der Waals surface area contributed by atoms with Crippen molar-refractivity contribution in [3.63, 3.8) is 0 Å². The fourth-order valence-corrected chi connectivity index (χ4v) is 2.83. The Hall–Kier alpha value is -3.23. The van der Waals surface area contributed by atoms with Gasteiger partial charge in [0.1, 0.15) is 18.7 Å². The average molecular weight is 359 g/mol. The van der Waals surface area contributed by atoms with Gasteiger partial charge in [0.2, 0.25) is 0 Å². The number of amides is 5. The van der Waals surface area contributed by atoms with Crippen molar-refractivity contribution in [1.82, 2.24) is 15.1 Å². The highest BCUT2D eigenvalue weighted by atomic mass is 16.5. The molecule has 1 aromatic rings. The lowest BCUT2D eigenvalue weighted by molar-refractivity contribution is -0.147. The molecule has 0 aromatic heterocycles. The minimum atomic E-state index is -1.07. The van der Waals surface area contributed by atoms with Gasteiger partial charge in [-0.1, -0.05) is 12.1 Å². The first-order valence-electron chi connectivity index (χ1n) is 7.97. The molecule has 0 bridgehead atoms.